The number of rotatable bonds is 9. The van der Waals surface area contributed by atoms with Crippen LogP contribution in [0, 0.1) is 5.41 Å². The van der Waals surface area contributed by atoms with Crippen molar-refractivity contribution in [2.24, 2.45) is 5.41 Å². The minimum atomic E-state index is 0.0381. The van der Waals surface area contributed by atoms with Gasteiger partial charge in [-0.15, -0.1) is 0 Å². The van der Waals surface area contributed by atoms with E-state index in [1.165, 1.54) is 0 Å². The maximum atomic E-state index is 5.90. The van der Waals surface area contributed by atoms with Crippen LogP contribution in [-0.4, -0.2) is 41.0 Å². The normalized spacial score (nSPS) is 11.1. The first-order chi connectivity index (χ1) is 9.97. The van der Waals surface area contributed by atoms with Gasteiger partial charge < -0.3 is 24.3 Å². The van der Waals surface area contributed by atoms with Crippen LogP contribution in [0.3, 0.4) is 0 Å². The molecule has 1 aromatic rings. The lowest BCUT2D eigenvalue weighted by molar-refractivity contribution is 0.176. The Labute approximate surface area is 127 Å². The quantitative estimate of drug-likeness (QED) is 0.759. The average molecular weight is 297 g/mol. The molecule has 120 valence electrons. The zero-order valence-corrected chi connectivity index (χ0v) is 13.9. The number of hydrogen-bond donors (Lipinski definition) is 1. The molecule has 21 heavy (non-hydrogen) atoms. The summed E-state index contributed by atoms with van der Waals surface area (Å²) in [6, 6.07) is 3.62. The van der Waals surface area contributed by atoms with Gasteiger partial charge in [-0.2, -0.15) is 0 Å². The molecule has 0 heterocycles. The minimum absolute atomic E-state index is 0.0381. The lowest BCUT2D eigenvalue weighted by atomic mass is 9.95. The standard InChI is InChI=1S/C16H27NO4/c1-7-17-10-16(2,3)11-21-12-8-13(18-4)15(20-6)14(9-12)19-5/h8-9,17H,7,10-11H2,1-6H3. The Kier molecular flexibility index (Phi) is 6.62. The zero-order chi connectivity index (χ0) is 15.9. The molecule has 0 radical (unpaired) electrons. The third-order valence-corrected chi connectivity index (χ3v) is 3.12. The van der Waals surface area contributed by atoms with E-state index in [4.69, 9.17) is 18.9 Å². The summed E-state index contributed by atoms with van der Waals surface area (Å²) in [4.78, 5) is 0. The molecular formula is C16H27NO4. The molecule has 0 spiro atoms. The van der Waals surface area contributed by atoms with Crippen molar-refractivity contribution in [3.63, 3.8) is 0 Å². The van der Waals surface area contributed by atoms with Gasteiger partial charge >= 0.3 is 0 Å². The summed E-state index contributed by atoms with van der Waals surface area (Å²) in [6.45, 7) is 8.86. The maximum absolute atomic E-state index is 5.90. The first-order valence-corrected chi connectivity index (χ1v) is 7.11. The van der Waals surface area contributed by atoms with Crippen LogP contribution in [0.15, 0.2) is 12.1 Å². The summed E-state index contributed by atoms with van der Waals surface area (Å²) in [5.74, 6) is 2.46. The minimum Gasteiger partial charge on any atom is -0.493 e. The molecule has 0 aromatic heterocycles. The van der Waals surface area contributed by atoms with Crippen molar-refractivity contribution >= 4 is 0 Å². The Hall–Kier alpha value is -1.62. The van der Waals surface area contributed by atoms with Crippen LogP contribution in [0.2, 0.25) is 0 Å². The van der Waals surface area contributed by atoms with E-state index in [-0.39, 0.29) is 5.41 Å². The number of hydrogen-bond acceptors (Lipinski definition) is 5. The van der Waals surface area contributed by atoms with E-state index in [0.29, 0.717) is 29.6 Å². The van der Waals surface area contributed by atoms with Crippen molar-refractivity contribution in [1.29, 1.82) is 0 Å². The molecule has 1 aromatic carbocycles. The Bertz CT molecular complexity index is 421. The molecule has 0 aliphatic rings. The van der Waals surface area contributed by atoms with E-state index >= 15 is 0 Å². The topological polar surface area (TPSA) is 49.0 Å². The molecule has 0 saturated heterocycles. The number of methoxy groups -OCH3 is 3. The molecule has 0 aliphatic carbocycles. The molecule has 5 heteroatoms. The Morgan fingerprint density at radius 3 is 2.00 bits per heavy atom. The van der Waals surface area contributed by atoms with Crippen LogP contribution >= 0.6 is 0 Å². The van der Waals surface area contributed by atoms with Crippen molar-refractivity contribution in [3.05, 3.63) is 12.1 Å². The molecule has 0 saturated carbocycles. The van der Waals surface area contributed by atoms with Crippen LogP contribution in [0.5, 0.6) is 23.0 Å². The van der Waals surface area contributed by atoms with E-state index in [9.17, 15) is 0 Å². The van der Waals surface area contributed by atoms with Gasteiger partial charge in [0, 0.05) is 24.1 Å². The zero-order valence-electron chi connectivity index (χ0n) is 13.9. The summed E-state index contributed by atoms with van der Waals surface area (Å²) in [5.41, 5.74) is 0.0381. The number of ether oxygens (including phenoxy) is 4. The fourth-order valence-corrected chi connectivity index (χ4v) is 1.93. The van der Waals surface area contributed by atoms with Crippen molar-refractivity contribution in [3.8, 4) is 23.0 Å². The van der Waals surface area contributed by atoms with E-state index in [1.807, 2.05) is 12.1 Å². The van der Waals surface area contributed by atoms with E-state index in [1.54, 1.807) is 21.3 Å². The number of nitrogens with one attached hydrogen (secondary N) is 1. The molecule has 0 aliphatic heterocycles. The summed E-state index contributed by atoms with van der Waals surface area (Å²) in [7, 11) is 4.77. The van der Waals surface area contributed by atoms with Crippen molar-refractivity contribution in [2.75, 3.05) is 41.0 Å². The largest absolute Gasteiger partial charge is 0.493 e. The molecule has 5 nitrogen and oxygen atoms in total. The summed E-state index contributed by atoms with van der Waals surface area (Å²) in [6.07, 6.45) is 0. The Morgan fingerprint density at radius 2 is 1.57 bits per heavy atom. The smallest absolute Gasteiger partial charge is 0.203 e. The van der Waals surface area contributed by atoms with Crippen LogP contribution in [0.1, 0.15) is 20.8 Å². The fourth-order valence-electron chi connectivity index (χ4n) is 1.93. The van der Waals surface area contributed by atoms with E-state index < -0.39 is 0 Å². The lowest BCUT2D eigenvalue weighted by Gasteiger charge is -2.25. The Morgan fingerprint density at radius 1 is 1.00 bits per heavy atom. The first-order valence-electron chi connectivity index (χ1n) is 7.11. The molecular weight excluding hydrogens is 270 g/mol. The average Bonchev–Trinajstić information content (AvgIpc) is 2.49. The SMILES string of the molecule is CCNCC(C)(C)COc1cc(OC)c(OC)c(OC)c1. The summed E-state index contributed by atoms with van der Waals surface area (Å²) in [5, 5.41) is 3.34. The van der Waals surface area contributed by atoms with Gasteiger partial charge in [0.15, 0.2) is 11.5 Å². The van der Waals surface area contributed by atoms with Crippen molar-refractivity contribution in [1.82, 2.24) is 5.32 Å². The fraction of sp³-hybridized carbons (Fsp3) is 0.625. The highest BCUT2D eigenvalue weighted by atomic mass is 16.5. The maximum Gasteiger partial charge on any atom is 0.203 e. The highest BCUT2D eigenvalue weighted by molar-refractivity contribution is 5.55. The first kappa shape index (κ1) is 17.4. The summed E-state index contributed by atoms with van der Waals surface area (Å²) >= 11 is 0. The third-order valence-electron chi connectivity index (χ3n) is 3.12. The second-order valence-electron chi connectivity index (χ2n) is 5.59. The van der Waals surface area contributed by atoms with Crippen LogP contribution in [0.25, 0.3) is 0 Å². The van der Waals surface area contributed by atoms with Crippen LogP contribution in [0.4, 0.5) is 0 Å². The van der Waals surface area contributed by atoms with Gasteiger partial charge in [0.2, 0.25) is 5.75 Å². The molecule has 1 N–H and O–H groups in total. The number of benzene rings is 1. The van der Waals surface area contributed by atoms with Gasteiger partial charge in [-0.3, -0.25) is 0 Å². The molecule has 0 fully saturated rings. The predicted molar refractivity (Wildman–Crippen MR) is 83.9 cm³/mol. The molecule has 0 unspecified atom stereocenters. The highest BCUT2D eigenvalue weighted by Crippen LogP contribution is 2.41. The highest BCUT2D eigenvalue weighted by Gasteiger charge is 2.20. The van der Waals surface area contributed by atoms with Crippen LogP contribution < -0.4 is 24.3 Å². The third kappa shape index (κ3) is 5.01. The van der Waals surface area contributed by atoms with Gasteiger partial charge in [0.25, 0.3) is 0 Å². The van der Waals surface area contributed by atoms with Crippen molar-refractivity contribution < 1.29 is 18.9 Å². The molecule has 0 atom stereocenters. The van der Waals surface area contributed by atoms with Gasteiger partial charge in [-0.05, 0) is 6.54 Å². The second kappa shape index (κ2) is 7.98. The lowest BCUT2D eigenvalue weighted by Crippen LogP contribution is -2.34. The van der Waals surface area contributed by atoms with Gasteiger partial charge in [0.05, 0.1) is 27.9 Å². The molecule has 0 amide bonds. The van der Waals surface area contributed by atoms with E-state index in [2.05, 4.69) is 26.1 Å². The monoisotopic (exact) mass is 297 g/mol. The van der Waals surface area contributed by atoms with Gasteiger partial charge in [-0.25, -0.2) is 0 Å². The van der Waals surface area contributed by atoms with Crippen molar-refractivity contribution in [2.45, 2.75) is 20.8 Å². The van der Waals surface area contributed by atoms with Gasteiger partial charge in [-0.1, -0.05) is 20.8 Å². The van der Waals surface area contributed by atoms with E-state index in [0.717, 1.165) is 13.1 Å². The van der Waals surface area contributed by atoms with Gasteiger partial charge in [0.1, 0.15) is 5.75 Å². The molecule has 0 bridgehead atoms. The summed E-state index contributed by atoms with van der Waals surface area (Å²) < 4.78 is 21.8. The Balaban J connectivity index is 2.84. The molecule has 1 rings (SSSR count). The van der Waals surface area contributed by atoms with Crippen LogP contribution in [-0.2, 0) is 0 Å². The second-order valence-corrected chi connectivity index (χ2v) is 5.59. The predicted octanol–water partition coefficient (Wildman–Crippen LogP) is 2.73.